The highest BCUT2D eigenvalue weighted by Crippen LogP contribution is 2.24. The number of rotatable bonds is 2. The van der Waals surface area contributed by atoms with Gasteiger partial charge in [0.15, 0.2) is 5.82 Å². The maximum Gasteiger partial charge on any atom is 0.151 e. The standard InChI is InChI=1S/C12H14N4S/c13-9-5-6-16(8-9)12-4-3-10(14-15-12)11-2-1-7-17-11/h1-4,7,9H,5-6,8,13H2. The van der Waals surface area contributed by atoms with Crippen molar-refractivity contribution < 1.29 is 0 Å². The van der Waals surface area contributed by atoms with Gasteiger partial charge in [0.2, 0.25) is 0 Å². The molecule has 88 valence electrons. The zero-order valence-corrected chi connectivity index (χ0v) is 10.2. The second kappa shape index (κ2) is 4.43. The molecule has 1 saturated heterocycles. The Balaban J connectivity index is 1.81. The number of nitrogens with two attached hydrogens (primary N) is 1. The van der Waals surface area contributed by atoms with E-state index in [9.17, 15) is 0 Å². The monoisotopic (exact) mass is 246 g/mol. The first-order valence-corrected chi connectivity index (χ1v) is 6.59. The lowest BCUT2D eigenvalue weighted by Crippen LogP contribution is -2.26. The summed E-state index contributed by atoms with van der Waals surface area (Å²) >= 11 is 1.68. The molecule has 5 heteroatoms. The van der Waals surface area contributed by atoms with Crippen molar-refractivity contribution in [2.45, 2.75) is 12.5 Å². The van der Waals surface area contributed by atoms with Crippen LogP contribution >= 0.6 is 11.3 Å². The number of hydrogen-bond donors (Lipinski definition) is 1. The SMILES string of the molecule is NC1CCN(c2ccc(-c3cccs3)nn2)C1. The third-order valence-electron chi connectivity index (χ3n) is 2.97. The summed E-state index contributed by atoms with van der Waals surface area (Å²) in [5.41, 5.74) is 6.82. The van der Waals surface area contributed by atoms with Crippen LogP contribution in [0, 0.1) is 0 Å². The third kappa shape index (κ3) is 2.16. The Kier molecular flexibility index (Phi) is 2.78. The van der Waals surface area contributed by atoms with Crippen LogP contribution < -0.4 is 10.6 Å². The van der Waals surface area contributed by atoms with Crippen LogP contribution in [0.25, 0.3) is 10.6 Å². The number of hydrogen-bond acceptors (Lipinski definition) is 5. The van der Waals surface area contributed by atoms with E-state index in [1.807, 2.05) is 23.6 Å². The van der Waals surface area contributed by atoms with Crippen molar-refractivity contribution in [2.24, 2.45) is 5.73 Å². The van der Waals surface area contributed by atoms with E-state index in [-0.39, 0.29) is 6.04 Å². The van der Waals surface area contributed by atoms with Gasteiger partial charge in [-0.2, -0.15) is 0 Å². The zero-order valence-electron chi connectivity index (χ0n) is 9.41. The van der Waals surface area contributed by atoms with Gasteiger partial charge in [-0.05, 0) is 30.0 Å². The molecule has 3 heterocycles. The van der Waals surface area contributed by atoms with Gasteiger partial charge in [-0.25, -0.2) is 0 Å². The Morgan fingerprint density at radius 1 is 1.29 bits per heavy atom. The second-order valence-electron chi connectivity index (χ2n) is 4.25. The molecule has 1 atom stereocenters. The van der Waals surface area contributed by atoms with Crippen molar-refractivity contribution in [2.75, 3.05) is 18.0 Å². The normalized spacial score (nSPS) is 19.8. The maximum atomic E-state index is 5.88. The lowest BCUT2D eigenvalue weighted by Gasteiger charge is -2.15. The smallest absolute Gasteiger partial charge is 0.151 e. The fourth-order valence-corrected chi connectivity index (χ4v) is 2.74. The van der Waals surface area contributed by atoms with Crippen molar-refractivity contribution in [3.05, 3.63) is 29.6 Å². The summed E-state index contributed by atoms with van der Waals surface area (Å²) in [6.07, 6.45) is 1.04. The number of aromatic nitrogens is 2. The Morgan fingerprint density at radius 2 is 2.24 bits per heavy atom. The predicted molar refractivity (Wildman–Crippen MR) is 70.2 cm³/mol. The van der Waals surface area contributed by atoms with E-state index in [0.29, 0.717) is 0 Å². The van der Waals surface area contributed by atoms with E-state index in [2.05, 4.69) is 21.2 Å². The first-order chi connectivity index (χ1) is 8.33. The van der Waals surface area contributed by atoms with Crippen molar-refractivity contribution in [3.8, 4) is 10.6 Å². The minimum absolute atomic E-state index is 0.272. The van der Waals surface area contributed by atoms with Gasteiger partial charge >= 0.3 is 0 Å². The van der Waals surface area contributed by atoms with Gasteiger partial charge in [0.05, 0.1) is 4.88 Å². The summed E-state index contributed by atoms with van der Waals surface area (Å²) in [4.78, 5) is 3.35. The molecule has 0 aromatic carbocycles. The third-order valence-corrected chi connectivity index (χ3v) is 3.87. The molecule has 1 aliphatic heterocycles. The van der Waals surface area contributed by atoms with Gasteiger partial charge in [0.25, 0.3) is 0 Å². The van der Waals surface area contributed by atoms with E-state index in [0.717, 1.165) is 35.9 Å². The average molecular weight is 246 g/mol. The highest BCUT2D eigenvalue weighted by atomic mass is 32.1. The van der Waals surface area contributed by atoms with Gasteiger partial charge in [-0.1, -0.05) is 6.07 Å². The minimum atomic E-state index is 0.272. The van der Waals surface area contributed by atoms with E-state index in [1.165, 1.54) is 0 Å². The summed E-state index contributed by atoms with van der Waals surface area (Å²) in [6.45, 7) is 1.86. The molecule has 0 saturated carbocycles. The summed E-state index contributed by atoms with van der Waals surface area (Å²) < 4.78 is 0. The molecule has 0 spiro atoms. The molecule has 2 aromatic rings. The van der Waals surface area contributed by atoms with E-state index in [4.69, 9.17) is 5.73 Å². The molecular formula is C12H14N4S. The van der Waals surface area contributed by atoms with Crippen LogP contribution in [0.15, 0.2) is 29.6 Å². The first-order valence-electron chi connectivity index (χ1n) is 5.71. The van der Waals surface area contributed by atoms with Crippen molar-refractivity contribution in [1.29, 1.82) is 0 Å². The molecule has 2 aromatic heterocycles. The largest absolute Gasteiger partial charge is 0.354 e. The topological polar surface area (TPSA) is 55.0 Å². The first kappa shape index (κ1) is 10.7. The fourth-order valence-electron chi connectivity index (χ4n) is 2.04. The van der Waals surface area contributed by atoms with Gasteiger partial charge in [-0.15, -0.1) is 21.5 Å². The number of anilines is 1. The lowest BCUT2D eigenvalue weighted by molar-refractivity contribution is 0.750. The zero-order chi connectivity index (χ0) is 11.7. The molecular weight excluding hydrogens is 232 g/mol. The molecule has 1 unspecified atom stereocenters. The van der Waals surface area contributed by atoms with Crippen LogP contribution in [0.4, 0.5) is 5.82 Å². The summed E-state index contributed by atoms with van der Waals surface area (Å²) in [5, 5.41) is 10.6. The molecule has 4 nitrogen and oxygen atoms in total. The summed E-state index contributed by atoms with van der Waals surface area (Å²) in [5.74, 6) is 0.929. The lowest BCUT2D eigenvalue weighted by atomic mass is 10.3. The van der Waals surface area contributed by atoms with E-state index < -0.39 is 0 Å². The molecule has 0 bridgehead atoms. The average Bonchev–Trinajstić information content (AvgIpc) is 3.00. The van der Waals surface area contributed by atoms with Gasteiger partial charge in [0.1, 0.15) is 5.69 Å². The molecule has 2 N–H and O–H groups in total. The Bertz CT molecular complexity index is 480. The van der Waals surface area contributed by atoms with Crippen LogP contribution in [0.1, 0.15) is 6.42 Å². The Hall–Kier alpha value is -1.46. The van der Waals surface area contributed by atoms with Gasteiger partial charge in [-0.3, -0.25) is 0 Å². The fraction of sp³-hybridized carbons (Fsp3) is 0.333. The summed E-state index contributed by atoms with van der Waals surface area (Å²) in [7, 11) is 0. The molecule has 1 fully saturated rings. The Morgan fingerprint density at radius 3 is 2.82 bits per heavy atom. The van der Waals surface area contributed by atoms with E-state index in [1.54, 1.807) is 11.3 Å². The highest BCUT2D eigenvalue weighted by Gasteiger charge is 2.20. The molecule has 17 heavy (non-hydrogen) atoms. The van der Waals surface area contributed by atoms with Crippen LogP contribution in [0.5, 0.6) is 0 Å². The van der Waals surface area contributed by atoms with Crippen LogP contribution in [0.2, 0.25) is 0 Å². The van der Waals surface area contributed by atoms with Crippen LogP contribution in [-0.2, 0) is 0 Å². The van der Waals surface area contributed by atoms with Gasteiger partial charge in [0, 0.05) is 19.1 Å². The number of thiophene rings is 1. The maximum absolute atomic E-state index is 5.88. The van der Waals surface area contributed by atoms with Crippen molar-refractivity contribution in [3.63, 3.8) is 0 Å². The van der Waals surface area contributed by atoms with Crippen LogP contribution in [-0.4, -0.2) is 29.3 Å². The van der Waals surface area contributed by atoms with Crippen LogP contribution in [0.3, 0.4) is 0 Å². The Labute approximate surface area is 104 Å². The van der Waals surface area contributed by atoms with Crippen molar-refractivity contribution >= 4 is 17.2 Å². The molecule has 0 amide bonds. The highest BCUT2D eigenvalue weighted by molar-refractivity contribution is 7.13. The molecule has 3 rings (SSSR count). The minimum Gasteiger partial charge on any atom is -0.354 e. The van der Waals surface area contributed by atoms with Crippen molar-refractivity contribution in [1.82, 2.24) is 10.2 Å². The quantitative estimate of drug-likeness (QED) is 0.877. The molecule has 0 radical (unpaired) electrons. The predicted octanol–water partition coefficient (Wildman–Crippen LogP) is 1.74. The van der Waals surface area contributed by atoms with E-state index >= 15 is 0 Å². The molecule has 1 aliphatic rings. The number of nitrogens with zero attached hydrogens (tertiary/aromatic N) is 3. The van der Waals surface area contributed by atoms with Gasteiger partial charge < -0.3 is 10.6 Å². The summed E-state index contributed by atoms with van der Waals surface area (Å²) in [6, 6.07) is 8.40. The second-order valence-corrected chi connectivity index (χ2v) is 5.20. The molecule has 0 aliphatic carbocycles.